The third-order valence-corrected chi connectivity index (χ3v) is 6.44. The Balaban J connectivity index is 0.00000176. The van der Waals surface area contributed by atoms with Gasteiger partial charge >= 0.3 is 6.09 Å². The Bertz CT molecular complexity index is 1100. The van der Waals surface area contributed by atoms with Crippen LogP contribution in [-0.2, 0) is 16.0 Å². The second-order valence-electron chi connectivity index (χ2n) is 10.6. The Kier molecular flexibility index (Phi) is 8.10. The number of rotatable bonds is 4. The molecule has 8 heteroatoms. The second-order valence-corrected chi connectivity index (χ2v) is 11.5. The molecule has 2 aliphatic heterocycles. The number of amides is 2. The molecule has 36 heavy (non-hydrogen) atoms. The number of nitrogens with zero attached hydrogens (tertiary/aromatic N) is 2. The smallest absolute Gasteiger partial charge is 0.415 e. The number of aliphatic hydroxyl groups is 1. The van der Waals surface area contributed by atoms with Crippen LogP contribution < -0.4 is 14.5 Å². The fourth-order valence-corrected chi connectivity index (χ4v) is 4.72. The molecule has 4 rings (SSSR count). The maximum absolute atomic E-state index is 13.9. The largest absolute Gasteiger partial charge is 0.491 e. The maximum Gasteiger partial charge on any atom is 0.415 e. The molecule has 1 unspecified atom stereocenters. The van der Waals surface area contributed by atoms with Gasteiger partial charge in [0.15, 0.2) is 0 Å². The molecule has 1 atom stereocenters. The molecule has 7 nitrogen and oxygen atoms in total. The van der Waals surface area contributed by atoms with Crippen LogP contribution in [0.25, 0.3) is 0 Å². The minimum atomic E-state index is -1.06. The van der Waals surface area contributed by atoms with Gasteiger partial charge in [-0.3, -0.25) is 9.69 Å². The molecule has 0 bridgehead atoms. The highest BCUT2D eigenvalue weighted by molar-refractivity contribution is 9.10. The van der Waals surface area contributed by atoms with Crippen molar-refractivity contribution in [1.29, 1.82) is 0 Å². The summed E-state index contributed by atoms with van der Waals surface area (Å²) in [5.41, 5.74) is -0.506. The minimum absolute atomic E-state index is 0.0969. The number of carbonyl (C=O) groups excluding carboxylic acids is 2. The summed E-state index contributed by atoms with van der Waals surface area (Å²) in [6, 6.07) is 13.0. The van der Waals surface area contributed by atoms with Gasteiger partial charge in [0.05, 0.1) is 11.3 Å². The highest BCUT2D eigenvalue weighted by Gasteiger charge is 2.58. The van der Waals surface area contributed by atoms with E-state index in [4.69, 9.17) is 9.47 Å². The van der Waals surface area contributed by atoms with Crippen LogP contribution >= 0.6 is 15.9 Å². The lowest BCUT2D eigenvalue weighted by molar-refractivity contribution is -0.121. The van der Waals surface area contributed by atoms with Gasteiger partial charge in [-0.25, -0.2) is 4.79 Å². The predicted octanol–water partition coefficient (Wildman–Crippen LogP) is 6.10. The zero-order chi connectivity index (χ0) is 26.9. The molecular weight excluding hydrogens is 524 g/mol. The summed E-state index contributed by atoms with van der Waals surface area (Å²) >= 11 is 3.44. The highest BCUT2D eigenvalue weighted by Crippen LogP contribution is 2.47. The maximum atomic E-state index is 13.9. The van der Waals surface area contributed by atoms with Crippen molar-refractivity contribution in [2.75, 3.05) is 23.0 Å². The first-order valence-electron chi connectivity index (χ1n) is 12.4. The van der Waals surface area contributed by atoms with Crippen LogP contribution in [-0.4, -0.2) is 47.0 Å². The van der Waals surface area contributed by atoms with Gasteiger partial charge < -0.3 is 19.5 Å². The van der Waals surface area contributed by atoms with E-state index >= 15 is 0 Å². The van der Waals surface area contributed by atoms with Gasteiger partial charge in [0, 0.05) is 29.2 Å². The van der Waals surface area contributed by atoms with E-state index in [-0.39, 0.29) is 12.5 Å². The lowest BCUT2D eigenvalue weighted by Crippen LogP contribution is -2.56. The van der Waals surface area contributed by atoms with Crippen LogP contribution in [0, 0.1) is 0 Å². The van der Waals surface area contributed by atoms with Crippen molar-refractivity contribution < 1.29 is 24.2 Å². The van der Waals surface area contributed by atoms with Crippen molar-refractivity contribution in [3.8, 4) is 5.75 Å². The van der Waals surface area contributed by atoms with Crippen molar-refractivity contribution in [2.45, 2.75) is 78.0 Å². The lowest BCUT2D eigenvalue weighted by atomic mass is 9.92. The topological polar surface area (TPSA) is 79.3 Å². The molecule has 196 valence electrons. The zero-order valence-electron chi connectivity index (χ0n) is 22.2. The first-order chi connectivity index (χ1) is 16.8. The van der Waals surface area contributed by atoms with Crippen LogP contribution in [0.5, 0.6) is 5.75 Å². The van der Waals surface area contributed by atoms with E-state index in [1.165, 1.54) is 4.90 Å². The third-order valence-electron chi connectivity index (χ3n) is 5.91. The zero-order valence-corrected chi connectivity index (χ0v) is 23.8. The van der Waals surface area contributed by atoms with Gasteiger partial charge in [0.1, 0.15) is 23.5 Å². The molecule has 1 fully saturated rings. The molecule has 1 N–H and O–H groups in total. The molecule has 2 amide bonds. The SMILES string of the molecule is CC.CC(C)(O)COc1ccc2c(c1)N(C(=O)OC(C)(C)C)C1(CCN(c3ccc(Br)cc3)C1=O)C2. The standard InChI is InChI=1S/C26H31BrN2O5.C2H6/c1-24(2,3)34-23(31)29-21-14-20(33-16-25(4,5)32)11-6-17(21)15-26(29)12-13-28(22(26)30)19-9-7-18(27)8-10-19;1-2/h6-11,14,32H,12-13,15-16H2,1-5H3;1-2H3. The number of fused-ring (bicyclic) bond motifs is 1. The Morgan fingerprint density at radius 1 is 1.08 bits per heavy atom. The predicted molar refractivity (Wildman–Crippen MR) is 146 cm³/mol. The molecule has 2 aliphatic rings. The Morgan fingerprint density at radius 3 is 2.31 bits per heavy atom. The van der Waals surface area contributed by atoms with E-state index in [2.05, 4.69) is 15.9 Å². The quantitative estimate of drug-likeness (QED) is 0.488. The van der Waals surface area contributed by atoms with E-state index in [1.807, 2.05) is 71.0 Å². The molecule has 0 radical (unpaired) electrons. The summed E-state index contributed by atoms with van der Waals surface area (Å²) in [4.78, 5) is 30.7. The van der Waals surface area contributed by atoms with Gasteiger partial charge in [-0.05, 0) is 76.9 Å². The van der Waals surface area contributed by atoms with Crippen LogP contribution in [0.3, 0.4) is 0 Å². The van der Waals surface area contributed by atoms with Gasteiger partial charge in [0.2, 0.25) is 0 Å². The first-order valence-corrected chi connectivity index (χ1v) is 13.2. The van der Waals surface area contributed by atoms with Crippen molar-refractivity contribution in [3.05, 3.63) is 52.5 Å². The van der Waals surface area contributed by atoms with Crippen molar-refractivity contribution in [3.63, 3.8) is 0 Å². The number of ether oxygens (including phenoxy) is 2. The molecular formula is C28H37BrN2O5. The molecule has 0 saturated carbocycles. The molecule has 1 saturated heterocycles. The first kappa shape index (κ1) is 28.0. The second kappa shape index (κ2) is 10.4. The summed E-state index contributed by atoms with van der Waals surface area (Å²) in [6.45, 7) is 13.3. The lowest BCUT2D eigenvalue weighted by Gasteiger charge is -2.35. The average molecular weight is 562 g/mol. The molecule has 2 heterocycles. The Morgan fingerprint density at radius 2 is 1.72 bits per heavy atom. The van der Waals surface area contributed by atoms with E-state index in [0.29, 0.717) is 30.8 Å². The average Bonchev–Trinajstić information content (AvgIpc) is 3.29. The number of benzene rings is 2. The third kappa shape index (κ3) is 5.86. The van der Waals surface area contributed by atoms with Gasteiger partial charge in [-0.1, -0.05) is 35.8 Å². The number of hydrogen-bond acceptors (Lipinski definition) is 5. The molecule has 0 aromatic heterocycles. The van der Waals surface area contributed by atoms with E-state index in [1.54, 1.807) is 24.8 Å². The van der Waals surface area contributed by atoms with E-state index in [0.717, 1.165) is 15.7 Å². The van der Waals surface area contributed by atoms with Crippen LogP contribution in [0.1, 0.15) is 60.5 Å². The summed E-state index contributed by atoms with van der Waals surface area (Å²) in [5.74, 6) is 0.387. The van der Waals surface area contributed by atoms with Gasteiger partial charge in [0.25, 0.3) is 5.91 Å². The van der Waals surface area contributed by atoms with Gasteiger partial charge in [-0.15, -0.1) is 0 Å². The van der Waals surface area contributed by atoms with Crippen molar-refractivity contribution in [1.82, 2.24) is 0 Å². The fraction of sp³-hybridized carbons (Fsp3) is 0.500. The van der Waals surface area contributed by atoms with Crippen molar-refractivity contribution in [2.24, 2.45) is 0 Å². The molecule has 1 spiro atoms. The van der Waals surface area contributed by atoms with Crippen LogP contribution in [0.15, 0.2) is 46.9 Å². The molecule has 2 aromatic carbocycles. The van der Waals surface area contributed by atoms with Gasteiger partial charge in [-0.2, -0.15) is 0 Å². The van der Waals surface area contributed by atoms with Crippen molar-refractivity contribution >= 4 is 39.3 Å². The summed E-state index contributed by atoms with van der Waals surface area (Å²) in [6.07, 6.45) is 0.325. The minimum Gasteiger partial charge on any atom is -0.491 e. The highest BCUT2D eigenvalue weighted by atomic mass is 79.9. The monoisotopic (exact) mass is 560 g/mol. The molecule has 0 aliphatic carbocycles. The number of hydrogen-bond donors (Lipinski definition) is 1. The van der Waals surface area contributed by atoms with E-state index in [9.17, 15) is 14.7 Å². The van der Waals surface area contributed by atoms with E-state index < -0.39 is 22.8 Å². The normalized spacial score (nSPS) is 19.2. The summed E-state index contributed by atoms with van der Waals surface area (Å²) in [5, 5.41) is 10.0. The van der Waals surface area contributed by atoms with Crippen LogP contribution in [0.2, 0.25) is 0 Å². The number of halogens is 1. The Labute approximate surface area is 222 Å². The fourth-order valence-electron chi connectivity index (χ4n) is 4.45. The van der Waals surface area contributed by atoms with Crippen LogP contribution in [0.4, 0.5) is 16.2 Å². The molecule has 2 aromatic rings. The number of carbonyl (C=O) groups is 2. The Hall–Kier alpha value is -2.58. The summed E-state index contributed by atoms with van der Waals surface area (Å²) < 4.78 is 12.5. The summed E-state index contributed by atoms with van der Waals surface area (Å²) in [7, 11) is 0. The number of anilines is 2.